The van der Waals surface area contributed by atoms with Crippen molar-refractivity contribution < 1.29 is 17.9 Å². The number of hydrogen-bond donors (Lipinski definition) is 0. The van der Waals surface area contributed by atoms with E-state index >= 15 is 0 Å². The van der Waals surface area contributed by atoms with Gasteiger partial charge in [0.1, 0.15) is 11.4 Å². The first kappa shape index (κ1) is 18.8. The first-order valence-corrected chi connectivity index (χ1v) is 9.04. The summed E-state index contributed by atoms with van der Waals surface area (Å²) in [6.07, 6.45) is -0.948. The van der Waals surface area contributed by atoms with Crippen molar-refractivity contribution >= 4 is 23.1 Å². The topological polar surface area (TPSA) is 35.0 Å². The molecule has 0 radical (unpaired) electrons. The van der Waals surface area contributed by atoms with Crippen LogP contribution in [0.5, 0.6) is 5.06 Å². The smallest absolute Gasteiger partial charge is 0.420 e. The van der Waals surface area contributed by atoms with Crippen LogP contribution in [0.4, 0.5) is 13.2 Å². The summed E-state index contributed by atoms with van der Waals surface area (Å²) in [4.78, 5) is 9.01. The van der Waals surface area contributed by atoms with Crippen molar-refractivity contribution in [3.05, 3.63) is 36.3 Å². The Labute approximate surface area is 147 Å². The SMILES string of the molecule is C=CC.Cc1ncc(C(F)(F)F)c(-c2cc3c(s2)OCCCS3)n1. The van der Waals surface area contributed by atoms with Crippen molar-refractivity contribution in [3.63, 3.8) is 0 Å². The lowest BCUT2D eigenvalue weighted by Gasteiger charge is -2.10. The van der Waals surface area contributed by atoms with E-state index in [9.17, 15) is 13.2 Å². The number of rotatable bonds is 1. The Balaban J connectivity index is 0.000000647. The Morgan fingerprint density at radius 1 is 1.38 bits per heavy atom. The molecule has 2 aromatic heterocycles. The van der Waals surface area contributed by atoms with E-state index in [1.165, 1.54) is 11.3 Å². The third-order valence-electron chi connectivity index (χ3n) is 2.89. The first-order valence-electron chi connectivity index (χ1n) is 7.24. The molecule has 0 unspecified atom stereocenters. The number of aryl methyl sites for hydroxylation is 1. The van der Waals surface area contributed by atoms with Crippen LogP contribution >= 0.6 is 23.1 Å². The summed E-state index contributed by atoms with van der Waals surface area (Å²) in [7, 11) is 0. The van der Waals surface area contributed by atoms with Crippen LogP contribution < -0.4 is 4.74 Å². The zero-order valence-corrected chi connectivity index (χ0v) is 14.9. The number of ether oxygens (including phenoxy) is 1. The fourth-order valence-electron chi connectivity index (χ4n) is 1.95. The van der Waals surface area contributed by atoms with Crippen LogP contribution in [0.15, 0.2) is 29.8 Å². The number of alkyl halides is 3. The van der Waals surface area contributed by atoms with Crippen LogP contribution in [0.25, 0.3) is 10.6 Å². The van der Waals surface area contributed by atoms with Gasteiger partial charge in [0, 0.05) is 11.9 Å². The molecule has 3 nitrogen and oxygen atoms in total. The standard InChI is InChI=1S/C13H11F3N2OS2.C3H6/c1-7-17-6-8(13(14,15)16)11(18-7)9-5-10-12(21-9)19-3-2-4-20-10;1-3-2/h5-6H,2-4H2,1H3;3H,1H2,2H3. The molecule has 0 N–H and O–H groups in total. The Kier molecular flexibility index (Phi) is 6.28. The van der Waals surface area contributed by atoms with Gasteiger partial charge in [-0.3, -0.25) is 0 Å². The summed E-state index contributed by atoms with van der Waals surface area (Å²) in [5.41, 5.74) is -0.883. The van der Waals surface area contributed by atoms with Gasteiger partial charge in [-0.05, 0) is 26.3 Å². The summed E-state index contributed by atoms with van der Waals surface area (Å²) in [6, 6.07) is 1.73. The highest BCUT2D eigenvalue weighted by molar-refractivity contribution is 7.99. The predicted octanol–water partition coefficient (Wildman–Crippen LogP) is 5.60. The van der Waals surface area contributed by atoms with Crippen LogP contribution in [0, 0.1) is 6.92 Å². The lowest BCUT2D eigenvalue weighted by Crippen LogP contribution is -2.09. The van der Waals surface area contributed by atoms with E-state index < -0.39 is 11.7 Å². The van der Waals surface area contributed by atoms with E-state index in [1.54, 1.807) is 30.8 Å². The largest absolute Gasteiger partial charge is 0.483 e. The Morgan fingerprint density at radius 3 is 2.75 bits per heavy atom. The van der Waals surface area contributed by atoms with Gasteiger partial charge in [0.05, 0.1) is 22.1 Å². The fourth-order valence-corrected chi connectivity index (χ4v) is 4.11. The van der Waals surface area contributed by atoms with E-state index in [4.69, 9.17) is 4.74 Å². The lowest BCUT2D eigenvalue weighted by molar-refractivity contribution is -0.137. The van der Waals surface area contributed by atoms with Crippen LogP contribution in [-0.4, -0.2) is 22.3 Å². The molecular weight excluding hydrogens is 357 g/mol. The number of fused-ring (bicyclic) bond motifs is 1. The average molecular weight is 374 g/mol. The molecule has 0 saturated carbocycles. The van der Waals surface area contributed by atoms with E-state index in [-0.39, 0.29) is 5.69 Å². The highest BCUT2D eigenvalue weighted by atomic mass is 32.2. The average Bonchev–Trinajstić information content (AvgIpc) is 2.78. The second-order valence-electron chi connectivity index (χ2n) is 4.90. The molecule has 8 heteroatoms. The summed E-state index contributed by atoms with van der Waals surface area (Å²) in [5, 5.41) is 0.678. The first-order chi connectivity index (χ1) is 11.4. The van der Waals surface area contributed by atoms with Crippen molar-refractivity contribution in [1.82, 2.24) is 9.97 Å². The highest BCUT2D eigenvalue weighted by Crippen LogP contribution is 2.46. The second-order valence-corrected chi connectivity index (χ2v) is 7.05. The van der Waals surface area contributed by atoms with Crippen molar-refractivity contribution in [2.24, 2.45) is 0 Å². The van der Waals surface area contributed by atoms with Crippen molar-refractivity contribution in [3.8, 4) is 15.6 Å². The molecular formula is C16H17F3N2OS2. The normalized spacial score (nSPS) is 13.9. The van der Waals surface area contributed by atoms with Gasteiger partial charge in [-0.15, -0.1) is 18.3 Å². The molecule has 0 bridgehead atoms. The van der Waals surface area contributed by atoms with Crippen LogP contribution in [0.3, 0.4) is 0 Å². The van der Waals surface area contributed by atoms with Crippen molar-refractivity contribution in [2.45, 2.75) is 31.3 Å². The van der Waals surface area contributed by atoms with E-state index in [0.29, 0.717) is 22.4 Å². The zero-order chi connectivity index (χ0) is 17.7. The molecule has 0 spiro atoms. The maximum absolute atomic E-state index is 13.1. The number of nitrogens with zero attached hydrogens (tertiary/aromatic N) is 2. The predicted molar refractivity (Wildman–Crippen MR) is 91.8 cm³/mol. The minimum Gasteiger partial charge on any atom is -0.483 e. The summed E-state index contributed by atoms with van der Waals surface area (Å²) < 4.78 is 44.9. The number of halogens is 3. The van der Waals surface area contributed by atoms with Gasteiger partial charge >= 0.3 is 6.18 Å². The van der Waals surface area contributed by atoms with Gasteiger partial charge in [-0.1, -0.05) is 17.4 Å². The lowest BCUT2D eigenvalue weighted by atomic mass is 10.2. The zero-order valence-electron chi connectivity index (χ0n) is 13.3. The van der Waals surface area contributed by atoms with Crippen molar-refractivity contribution in [1.29, 1.82) is 0 Å². The number of allylic oxidation sites excluding steroid dienone is 1. The number of thioether (sulfide) groups is 1. The maximum Gasteiger partial charge on any atom is 0.420 e. The molecule has 0 amide bonds. The summed E-state index contributed by atoms with van der Waals surface area (Å²) in [5.74, 6) is 1.22. The molecule has 0 atom stereocenters. The third kappa shape index (κ3) is 4.51. The highest BCUT2D eigenvalue weighted by Gasteiger charge is 2.36. The van der Waals surface area contributed by atoms with E-state index in [1.807, 2.05) is 6.92 Å². The van der Waals surface area contributed by atoms with E-state index in [0.717, 1.165) is 23.3 Å². The van der Waals surface area contributed by atoms with Gasteiger partial charge in [0.25, 0.3) is 0 Å². The van der Waals surface area contributed by atoms with E-state index in [2.05, 4.69) is 16.5 Å². The molecule has 1 aliphatic heterocycles. The molecule has 3 heterocycles. The minimum atomic E-state index is -4.47. The molecule has 0 fully saturated rings. The van der Waals surface area contributed by atoms with Crippen LogP contribution in [0.2, 0.25) is 0 Å². The number of thiophene rings is 1. The second kappa shape index (κ2) is 8.02. The Morgan fingerprint density at radius 2 is 2.08 bits per heavy atom. The molecule has 24 heavy (non-hydrogen) atoms. The minimum absolute atomic E-state index is 0.0720. The monoisotopic (exact) mass is 374 g/mol. The van der Waals surface area contributed by atoms with Crippen LogP contribution in [-0.2, 0) is 6.18 Å². The maximum atomic E-state index is 13.1. The Bertz CT molecular complexity index is 690. The molecule has 0 aliphatic carbocycles. The summed E-state index contributed by atoms with van der Waals surface area (Å²) >= 11 is 2.81. The van der Waals surface area contributed by atoms with Gasteiger partial charge in [0.15, 0.2) is 5.06 Å². The van der Waals surface area contributed by atoms with Crippen molar-refractivity contribution in [2.75, 3.05) is 12.4 Å². The quantitative estimate of drug-likeness (QED) is 0.609. The van der Waals surface area contributed by atoms with Crippen LogP contribution in [0.1, 0.15) is 24.7 Å². The molecule has 1 aliphatic rings. The summed E-state index contributed by atoms with van der Waals surface area (Å²) in [6.45, 7) is 7.42. The molecule has 0 saturated heterocycles. The molecule has 2 aromatic rings. The fraction of sp³-hybridized carbons (Fsp3) is 0.375. The molecule has 3 rings (SSSR count). The van der Waals surface area contributed by atoms with Gasteiger partial charge in [-0.25, -0.2) is 9.97 Å². The Hall–Kier alpha value is -1.54. The van der Waals surface area contributed by atoms with Gasteiger partial charge in [0.2, 0.25) is 0 Å². The number of hydrogen-bond acceptors (Lipinski definition) is 5. The third-order valence-corrected chi connectivity index (χ3v) is 5.18. The van der Waals surface area contributed by atoms with Gasteiger partial charge < -0.3 is 4.74 Å². The molecule has 0 aromatic carbocycles. The van der Waals surface area contributed by atoms with Gasteiger partial charge in [-0.2, -0.15) is 13.2 Å². The number of aromatic nitrogens is 2. The molecule has 130 valence electrons.